The second-order valence-corrected chi connectivity index (χ2v) is 5.87. The van der Waals surface area contributed by atoms with Gasteiger partial charge in [-0.25, -0.2) is 19.4 Å². The number of aromatic nitrogens is 4. The Morgan fingerprint density at radius 3 is 2.62 bits per heavy atom. The molecule has 1 saturated carbocycles. The second kappa shape index (κ2) is 5.41. The number of aromatic carboxylic acids is 1. The molecule has 0 aliphatic heterocycles. The van der Waals surface area contributed by atoms with Crippen molar-refractivity contribution >= 4 is 27.6 Å². The monoisotopic (exact) mass is 352 g/mol. The normalized spacial score (nSPS) is 23.8. The van der Waals surface area contributed by atoms with Gasteiger partial charge in [0.1, 0.15) is 0 Å². The minimum atomic E-state index is -1.04. The van der Waals surface area contributed by atoms with E-state index in [0.29, 0.717) is 16.7 Å². The fourth-order valence-corrected chi connectivity index (χ4v) is 2.67. The van der Waals surface area contributed by atoms with Crippen molar-refractivity contribution in [1.29, 1.82) is 0 Å². The molecule has 1 fully saturated rings. The summed E-state index contributed by atoms with van der Waals surface area (Å²) in [6.07, 6.45) is 5.87. The van der Waals surface area contributed by atoms with E-state index in [1.807, 2.05) is 0 Å². The molecule has 110 valence electrons. The van der Waals surface area contributed by atoms with Crippen LogP contribution in [0.1, 0.15) is 10.4 Å². The Balaban J connectivity index is 1.64. The Kier molecular flexibility index (Phi) is 3.60. The average molecular weight is 353 g/mol. The number of nitrogens with one attached hydrogen (secondary N) is 1. The lowest BCUT2D eigenvalue weighted by Crippen LogP contribution is -2.11. The van der Waals surface area contributed by atoms with Crippen LogP contribution in [0.3, 0.4) is 0 Å². The van der Waals surface area contributed by atoms with Crippen molar-refractivity contribution in [3.05, 3.63) is 30.4 Å². The maximum Gasteiger partial charge on any atom is 0.338 e. The molecule has 2 aromatic rings. The molecule has 0 radical (unpaired) electrons. The van der Waals surface area contributed by atoms with E-state index in [1.165, 1.54) is 17.1 Å². The third-order valence-electron chi connectivity index (χ3n) is 3.34. The van der Waals surface area contributed by atoms with E-state index >= 15 is 0 Å². The smallest absolute Gasteiger partial charge is 0.338 e. The summed E-state index contributed by atoms with van der Waals surface area (Å²) in [5.41, 5.74) is 6.69. The summed E-state index contributed by atoms with van der Waals surface area (Å²) < 4.78 is 1.32. The first-order valence-electron chi connectivity index (χ1n) is 6.30. The number of hydrogen-bond acceptors (Lipinski definition) is 6. The van der Waals surface area contributed by atoms with E-state index in [-0.39, 0.29) is 11.6 Å². The Hall–Kier alpha value is -2.00. The largest absolute Gasteiger partial charge is 0.478 e. The number of carboxylic acid groups (broad SMARTS) is 1. The highest BCUT2D eigenvalue weighted by molar-refractivity contribution is 9.09. The molecule has 1 aliphatic carbocycles. The fraction of sp³-hybridized carbons (Fsp3) is 0.333. The van der Waals surface area contributed by atoms with Gasteiger partial charge in [-0.2, -0.15) is 5.10 Å². The summed E-state index contributed by atoms with van der Waals surface area (Å²) in [6.45, 7) is 0.755. The number of anilines is 1. The SMILES string of the molecule is NC1C(Br)C1CNc1cnc(-n2cc(C(=O)O)cn2)nc1. The minimum absolute atomic E-state index is 0.0897. The van der Waals surface area contributed by atoms with Gasteiger partial charge < -0.3 is 16.2 Å². The molecule has 0 amide bonds. The predicted octanol–water partition coefficient (Wildman–Crippen LogP) is 0.493. The third-order valence-corrected chi connectivity index (χ3v) is 4.63. The lowest BCUT2D eigenvalue weighted by Gasteiger charge is -2.05. The van der Waals surface area contributed by atoms with E-state index in [4.69, 9.17) is 10.8 Å². The van der Waals surface area contributed by atoms with Crippen molar-refractivity contribution in [2.45, 2.75) is 10.9 Å². The van der Waals surface area contributed by atoms with E-state index in [1.54, 1.807) is 12.4 Å². The molecule has 2 heterocycles. The highest BCUT2D eigenvalue weighted by atomic mass is 79.9. The van der Waals surface area contributed by atoms with Crippen molar-refractivity contribution < 1.29 is 9.90 Å². The molecule has 3 unspecified atom stereocenters. The first-order chi connectivity index (χ1) is 10.1. The number of hydrogen-bond donors (Lipinski definition) is 3. The van der Waals surface area contributed by atoms with Crippen molar-refractivity contribution in [3.8, 4) is 5.95 Å². The zero-order valence-corrected chi connectivity index (χ0v) is 12.4. The number of rotatable bonds is 5. The molecule has 3 atom stereocenters. The Labute approximate surface area is 128 Å². The molecule has 0 bridgehead atoms. The van der Waals surface area contributed by atoms with Gasteiger partial charge in [0, 0.05) is 29.5 Å². The maximum absolute atomic E-state index is 10.8. The molecule has 9 heteroatoms. The average Bonchev–Trinajstić information content (AvgIpc) is 2.91. The molecule has 0 aromatic carbocycles. The van der Waals surface area contributed by atoms with Gasteiger partial charge in [-0.05, 0) is 0 Å². The molecule has 3 rings (SSSR count). The summed E-state index contributed by atoms with van der Waals surface area (Å²) in [6, 6.07) is 0.191. The molecule has 8 nitrogen and oxygen atoms in total. The van der Waals surface area contributed by atoms with Crippen LogP contribution >= 0.6 is 15.9 Å². The number of nitrogens with two attached hydrogens (primary N) is 1. The van der Waals surface area contributed by atoms with Crippen LogP contribution in [0.2, 0.25) is 0 Å². The van der Waals surface area contributed by atoms with Crippen LogP contribution in [0, 0.1) is 5.92 Å². The Morgan fingerprint density at radius 2 is 2.10 bits per heavy atom. The minimum Gasteiger partial charge on any atom is -0.478 e. The summed E-state index contributed by atoms with van der Waals surface area (Å²) in [7, 11) is 0. The van der Waals surface area contributed by atoms with Gasteiger partial charge in [0.05, 0.1) is 29.8 Å². The first-order valence-corrected chi connectivity index (χ1v) is 7.22. The van der Waals surface area contributed by atoms with Gasteiger partial charge >= 0.3 is 5.97 Å². The van der Waals surface area contributed by atoms with Gasteiger partial charge in [-0.15, -0.1) is 0 Å². The van der Waals surface area contributed by atoms with Crippen molar-refractivity contribution in [1.82, 2.24) is 19.7 Å². The summed E-state index contributed by atoms with van der Waals surface area (Å²) in [5, 5.41) is 16.0. The molecular formula is C12H13BrN6O2. The van der Waals surface area contributed by atoms with Gasteiger partial charge in [0.2, 0.25) is 0 Å². The highest BCUT2D eigenvalue weighted by Crippen LogP contribution is 2.36. The lowest BCUT2D eigenvalue weighted by molar-refractivity contribution is 0.0697. The number of nitrogens with zero attached hydrogens (tertiary/aromatic N) is 4. The number of carbonyl (C=O) groups is 1. The van der Waals surface area contributed by atoms with Crippen LogP contribution < -0.4 is 11.1 Å². The van der Waals surface area contributed by atoms with Crippen LogP contribution in [0.5, 0.6) is 0 Å². The predicted molar refractivity (Wildman–Crippen MR) is 78.8 cm³/mol. The maximum atomic E-state index is 10.8. The van der Waals surface area contributed by atoms with E-state index in [0.717, 1.165) is 12.2 Å². The lowest BCUT2D eigenvalue weighted by atomic mass is 10.4. The molecule has 4 N–H and O–H groups in total. The number of halogens is 1. The summed E-state index contributed by atoms with van der Waals surface area (Å²) in [5.74, 6) is -0.312. The van der Waals surface area contributed by atoms with Gasteiger partial charge in [-0.1, -0.05) is 15.9 Å². The Bertz CT molecular complexity index is 650. The van der Waals surface area contributed by atoms with E-state index in [9.17, 15) is 4.79 Å². The summed E-state index contributed by atoms with van der Waals surface area (Å²) in [4.78, 5) is 19.5. The molecule has 2 aromatic heterocycles. The molecule has 0 saturated heterocycles. The van der Waals surface area contributed by atoms with Crippen molar-refractivity contribution in [2.75, 3.05) is 11.9 Å². The second-order valence-electron chi connectivity index (χ2n) is 4.82. The number of carboxylic acids is 1. The molecule has 0 spiro atoms. The topological polar surface area (TPSA) is 119 Å². The summed E-state index contributed by atoms with van der Waals surface area (Å²) >= 11 is 3.49. The molecule has 21 heavy (non-hydrogen) atoms. The van der Waals surface area contributed by atoms with Gasteiger partial charge in [0.15, 0.2) is 0 Å². The van der Waals surface area contributed by atoms with Gasteiger partial charge in [-0.3, -0.25) is 0 Å². The van der Waals surface area contributed by atoms with Crippen LogP contribution in [0.25, 0.3) is 5.95 Å². The third kappa shape index (κ3) is 2.88. The van der Waals surface area contributed by atoms with Gasteiger partial charge in [0.25, 0.3) is 5.95 Å². The van der Waals surface area contributed by atoms with E-state index < -0.39 is 5.97 Å². The van der Waals surface area contributed by atoms with Crippen LogP contribution in [0.4, 0.5) is 5.69 Å². The molecular weight excluding hydrogens is 340 g/mol. The Morgan fingerprint density at radius 1 is 1.43 bits per heavy atom. The quantitative estimate of drug-likeness (QED) is 0.670. The van der Waals surface area contributed by atoms with Crippen molar-refractivity contribution in [2.24, 2.45) is 11.7 Å². The van der Waals surface area contributed by atoms with Crippen LogP contribution in [-0.4, -0.2) is 48.2 Å². The number of alkyl halides is 1. The zero-order chi connectivity index (χ0) is 15.0. The first kappa shape index (κ1) is 14.0. The standard InChI is InChI=1S/C12H13BrN6O2/c13-9-8(10(9)14)4-15-7-2-16-12(17-3-7)19-5-6(1-18-19)11(20)21/h1-3,5,8-10,15H,4,14H2,(H,20,21). The fourth-order valence-electron chi connectivity index (χ4n) is 1.91. The zero-order valence-electron chi connectivity index (χ0n) is 10.8. The van der Waals surface area contributed by atoms with Crippen molar-refractivity contribution in [3.63, 3.8) is 0 Å². The van der Waals surface area contributed by atoms with Crippen LogP contribution in [-0.2, 0) is 0 Å². The molecule has 1 aliphatic rings. The van der Waals surface area contributed by atoms with Crippen LogP contribution in [0.15, 0.2) is 24.8 Å². The highest BCUT2D eigenvalue weighted by Gasteiger charge is 2.45. The van der Waals surface area contributed by atoms with E-state index in [2.05, 4.69) is 36.3 Å².